The van der Waals surface area contributed by atoms with Crippen molar-refractivity contribution in [2.45, 2.75) is 51.7 Å². The largest absolute Gasteiger partial charge is 0.352 e. The van der Waals surface area contributed by atoms with Crippen molar-refractivity contribution in [2.75, 3.05) is 26.2 Å². The summed E-state index contributed by atoms with van der Waals surface area (Å²) in [5.74, 6) is -0.177. The van der Waals surface area contributed by atoms with Crippen molar-refractivity contribution in [1.82, 2.24) is 20.4 Å². The maximum Gasteiger partial charge on any atom is 0.262 e. The molecule has 0 spiro atoms. The van der Waals surface area contributed by atoms with Crippen LogP contribution in [0.25, 0.3) is 0 Å². The van der Waals surface area contributed by atoms with Gasteiger partial charge in [0.15, 0.2) is 0 Å². The van der Waals surface area contributed by atoms with Crippen LogP contribution < -0.4 is 10.6 Å². The number of nitrogens with one attached hydrogen (secondary N) is 2. The van der Waals surface area contributed by atoms with Crippen LogP contribution in [0.2, 0.25) is 0 Å². The summed E-state index contributed by atoms with van der Waals surface area (Å²) in [6, 6.07) is 3.21. The molecule has 2 aliphatic rings. The molecule has 0 bridgehead atoms. The molecule has 3 amide bonds. The first-order chi connectivity index (χ1) is 13.4. The fourth-order valence-corrected chi connectivity index (χ4v) is 4.00. The maximum atomic E-state index is 13.0. The lowest BCUT2D eigenvalue weighted by Gasteiger charge is -2.39. The van der Waals surface area contributed by atoms with Gasteiger partial charge in [0.1, 0.15) is 6.04 Å². The predicted octanol–water partition coefficient (Wildman–Crippen LogP) is 1.31. The first-order valence-electron chi connectivity index (χ1n) is 10.0. The summed E-state index contributed by atoms with van der Waals surface area (Å²) in [6.45, 7) is 8.27. The highest BCUT2D eigenvalue weighted by Crippen LogP contribution is 2.19. The van der Waals surface area contributed by atoms with Gasteiger partial charge in [0.2, 0.25) is 11.8 Å². The average Bonchev–Trinajstić information content (AvgIpc) is 3.32. The number of carbonyl (C=O) groups excluding carboxylic acids is 3. The second-order valence-electron chi connectivity index (χ2n) is 7.99. The number of piperazine rings is 1. The minimum absolute atomic E-state index is 0.00214. The number of hydrogen-bond donors (Lipinski definition) is 2. The first kappa shape index (κ1) is 20.8. The van der Waals surface area contributed by atoms with Gasteiger partial charge in [0.25, 0.3) is 5.91 Å². The quantitative estimate of drug-likeness (QED) is 0.715. The summed E-state index contributed by atoms with van der Waals surface area (Å²) in [5, 5.41) is 7.79. The van der Waals surface area contributed by atoms with Gasteiger partial charge in [-0.3, -0.25) is 19.3 Å². The molecule has 0 aromatic carbocycles. The van der Waals surface area contributed by atoms with E-state index in [9.17, 15) is 14.4 Å². The molecule has 2 N–H and O–H groups in total. The van der Waals surface area contributed by atoms with Crippen LogP contribution in [0.3, 0.4) is 0 Å². The molecule has 7 nitrogen and oxygen atoms in total. The van der Waals surface area contributed by atoms with Gasteiger partial charge >= 0.3 is 0 Å². The van der Waals surface area contributed by atoms with Crippen molar-refractivity contribution in [1.29, 1.82) is 0 Å². The zero-order valence-corrected chi connectivity index (χ0v) is 17.6. The van der Waals surface area contributed by atoms with Crippen LogP contribution in [-0.4, -0.2) is 71.8 Å². The van der Waals surface area contributed by atoms with E-state index in [-0.39, 0.29) is 29.7 Å². The van der Waals surface area contributed by atoms with Crippen LogP contribution in [0.4, 0.5) is 0 Å². The summed E-state index contributed by atoms with van der Waals surface area (Å²) >= 11 is 1.37. The molecule has 8 heteroatoms. The molecule has 2 heterocycles. The van der Waals surface area contributed by atoms with E-state index in [0.717, 1.165) is 12.8 Å². The van der Waals surface area contributed by atoms with Gasteiger partial charge in [-0.25, -0.2) is 0 Å². The van der Waals surface area contributed by atoms with E-state index < -0.39 is 6.04 Å². The number of amides is 3. The smallest absolute Gasteiger partial charge is 0.262 e. The standard InChI is InChI=1S/C20H30N4O3S/c1-13(2)17(22-19(26)16-5-4-12-28-16)20(27)24-10-8-23(9-11-24)14(3)18(25)21-15-6-7-15/h4-5,12-15,17H,6-11H2,1-3H3,(H,21,25)(H,22,26). The Morgan fingerprint density at radius 3 is 2.32 bits per heavy atom. The van der Waals surface area contributed by atoms with Gasteiger partial charge in [-0.2, -0.15) is 0 Å². The topological polar surface area (TPSA) is 81.8 Å². The molecule has 1 aliphatic heterocycles. The molecule has 2 unspecified atom stereocenters. The van der Waals surface area contributed by atoms with E-state index in [1.165, 1.54) is 11.3 Å². The Balaban J connectivity index is 1.53. The van der Waals surface area contributed by atoms with Gasteiger partial charge in [-0.15, -0.1) is 11.3 Å². The van der Waals surface area contributed by atoms with Crippen molar-refractivity contribution in [2.24, 2.45) is 5.92 Å². The molecule has 1 aliphatic carbocycles. The van der Waals surface area contributed by atoms with E-state index in [0.29, 0.717) is 37.1 Å². The van der Waals surface area contributed by atoms with Crippen LogP contribution in [0, 0.1) is 5.92 Å². The fraction of sp³-hybridized carbons (Fsp3) is 0.650. The molecule has 28 heavy (non-hydrogen) atoms. The number of thiophene rings is 1. The summed E-state index contributed by atoms with van der Waals surface area (Å²) in [4.78, 5) is 42.2. The Morgan fingerprint density at radius 1 is 1.11 bits per heavy atom. The Labute approximate surface area is 170 Å². The fourth-order valence-electron chi connectivity index (χ4n) is 3.38. The molecule has 0 radical (unpaired) electrons. The Morgan fingerprint density at radius 2 is 1.79 bits per heavy atom. The Kier molecular flexibility index (Phi) is 6.72. The van der Waals surface area contributed by atoms with Gasteiger partial charge in [0, 0.05) is 32.2 Å². The van der Waals surface area contributed by atoms with Crippen molar-refractivity contribution in [3.8, 4) is 0 Å². The van der Waals surface area contributed by atoms with E-state index in [4.69, 9.17) is 0 Å². The van der Waals surface area contributed by atoms with Crippen molar-refractivity contribution in [3.63, 3.8) is 0 Å². The van der Waals surface area contributed by atoms with Crippen LogP contribution in [0.1, 0.15) is 43.3 Å². The van der Waals surface area contributed by atoms with Crippen LogP contribution >= 0.6 is 11.3 Å². The predicted molar refractivity (Wildman–Crippen MR) is 109 cm³/mol. The number of hydrogen-bond acceptors (Lipinski definition) is 5. The highest BCUT2D eigenvalue weighted by Gasteiger charge is 2.34. The Hall–Kier alpha value is -1.93. The SMILES string of the molecule is CC(C)C(NC(=O)c1cccs1)C(=O)N1CCN(C(C)C(=O)NC2CC2)CC1. The molecule has 2 fully saturated rings. The van der Waals surface area contributed by atoms with Crippen LogP contribution in [0.15, 0.2) is 17.5 Å². The van der Waals surface area contributed by atoms with E-state index >= 15 is 0 Å². The van der Waals surface area contributed by atoms with Gasteiger partial charge in [0.05, 0.1) is 10.9 Å². The van der Waals surface area contributed by atoms with E-state index in [2.05, 4.69) is 15.5 Å². The third-order valence-corrected chi connectivity index (χ3v) is 6.31. The summed E-state index contributed by atoms with van der Waals surface area (Å²) in [6.07, 6.45) is 2.16. The Bertz CT molecular complexity index is 694. The van der Waals surface area contributed by atoms with Gasteiger partial charge in [-0.05, 0) is 37.1 Å². The van der Waals surface area contributed by atoms with E-state index in [1.54, 1.807) is 11.0 Å². The highest BCUT2D eigenvalue weighted by atomic mass is 32.1. The second kappa shape index (κ2) is 9.05. The van der Waals surface area contributed by atoms with E-state index in [1.807, 2.05) is 32.2 Å². The first-order valence-corrected chi connectivity index (χ1v) is 10.9. The number of nitrogens with zero attached hydrogens (tertiary/aromatic N) is 2. The lowest BCUT2D eigenvalue weighted by molar-refractivity contribution is -0.137. The molecule has 1 saturated carbocycles. The third-order valence-electron chi connectivity index (χ3n) is 5.44. The van der Waals surface area contributed by atoms with Crippen molar-refractivity contribution < 1.29 is 14.4 Å². The maximum absolute atomic E-state index is 13.0. The van der Waals surface area contributed by atoms with Crippen molar-refractivity contribution >= 4 is 29.1 Å². The lowest BCUT2D eigenvalue weighted by atomic mass is 10.0. The molecule has 2 atom stereocenters. The van der Waals surface area contributed by atoms with Crippen LogP contribution in [0.5, 0.6) is 0 Å². The normalized spacial score (nSPS) is 19.9. The zero-order valence-electron chi connectivity index (χ0n) is 16.8. The molecule has 154 valence electrons. The lowest BCUT2D eigenvalue weighted by Crippen LogP contribution is -2.59. The zero-order chi connectivity index (χ0) is 20.3. The van der Waals surface area contributed by atoms with Crippen molar-refractivity contribution in [3.05, 3.63) is 22.4 Å². The van der Waals surface area contributed by atoms with Gasteiger partial charge < -0.3 is 15.5 Å². The third kappa shape index (κ3) is 5.11. The monoisotopic (exact) mass is 406 g/mol. The number of carbonyl (C=O) groups is 3. The molecule has 3 rings (SSSR count). The molecular formula is C20H30N4O3S. The molecule has 1 saturated heterocycles. The van der Waals surface area contributed by atoms with Crippen LogP contribution in [-0.2, 0) is 9.59 Å². The summed E-state index contributed by atoms with van der Waals surface area (Å²) < 4.78 is 0. The minimum atomic E-state index is -0.545. The van der Waals surface area contributed by atoms with Gasteiger partial charge in [-0.1, -0.05) is 19.9 Å². The number of rotatable bonds is 7. The second-order valence-corrected chi connectivity index (χ2v) is 8.94. The molecular weight excluding hydrogens is 376 g/mol. The summed E-state index contributed by atoms with van der Waals surface area (Å²) in [5.41, 5.74) is 0. The molecule has 1 aromatic heterocycles. The highest BCUT2D eigenvalue weighted by molar-refractivity contribution is 7.12. The average molecular weight is 407 g/mol. The molecule has 1 aromatic rings. The summed E-state index contributed by atoms with van der Waals surface area (Å²) in [7, 11) is 0. The minimum Gasteiger partial charge on any atom is -0.352 e.